The zero-order valence-corrected chi connectivity index (χ0v) is 23.0. The largest absolute Gasteiger partial charge is 0.337 e. The summed E-state index contributed by atoms with van der Waals surface area (Å²) in [5.41, 5.74) is 3.13. The van der Waals surface area contributed by atoms with Crippen LogP contribution < -0.4 is 9.62 Å². The van der Waals surface area contributed by atoms with Gasteiger partial charge in [-0.1, -0.05) is 25.1 Å². The van der Waals surface area contributed by atoms with Crippen LogP contribution in [0.3, 0.4) is 0 Å². The normalized spacial score (nSPS) is 15.6. The summed E-state index contributed by atoms with van der Waals surface area (Å²) in [6, 6.07) is 16.1. The first-order valence-electron chi connectivity index (χ1n) is 13.0. The molecule has 208 valence electrons. The fourth-order valence-corrected chi connectivity index (χ4v) is 6.32. The number of carbonyl (C=O) groups is 1. The number of benzene rings is 3. The van der Waals surface area contributed by atoms with E-state index in [1.807, 2.05) is 36.7 Å². The van der Waals surface area contributed by atoms with Gasteiger partial charge in [0.1, 0.15) is 17.5 Å². The van der Waals surface area contributed by atoms with E-state index >= 15 is 0 Å². The number of rotatable bonds is 9. The molecule has 2 atom stereocenters. The minimum Gasteiger partial charge on any atom is -0.337 e. The molecule has 7 nitrogen and oxygen atoms in total. The van der Waals surface area contributed by atoms with Crippen molar-refractivity contribution in [3.8, 4) is 0 Å². The number of fused-ring (bicyclic) bond motifs is 1. The van der Waals surface area contributed by atoms with Crippen LogP contribution in [0.2, 0.25) is 0 Å². The van der Waals surface area contributed by atoms with Gasteiger partial charge >= 0.3 is 0 Å². The van der Waals surface area contributed by atoms with E-state index in [4.69, 9.17) is 0 Å². The lowest BCUT2D eigenvalue weighted by Crippen LogP contribution is -2.32. The maximum atomic E-state index is 13.8. The van der Waals surface area contributed by atoms with Crippen molar-refractivity contribution >= 4 is 21.6 Å². The highest BCUT2D eigenvalue weighted by Gasteiger charge is 2.30. The molecular formula is C30H30F2N4O3S. The second kappa shape index (κ2) is 11.3. The average molecular weight is 565 g/mol. The maximum absolute atomic E-state index is 13.8. The molecule has 0 fully saturated rings. The van der Waals surface area contributed by atoms with Crippen LogP contribution in [0.15, 0.2) is 84.0 Å². The molecule has 1 aliphatic rings. The lowest BCUT2D eigenvalue weighted by molar-refractivity contribution is -0.119. The van der Waals surface area contributed by atoms with E-state index in [0.717, 1.165) is 28.8 Å². The minimum absolute atomic E-state index is 0.0172. The van der Waals surface area contributed by atoms with Crippen LogP contribution >= 0.6 is 0 Å². The van der Waals surface area contributed by atoms with Crippen molar-refractivity contribution in [3.63, 3.8) is 0 Å². The fourth-order valence-electron chi connectivity index (χ4n) is 5.07. The average Bonchev–Trinajstić information content (AvgIpc) is 3.52. The van der Waals surface area contributed by atoms with Crippen molar-refractivity contribution in [1.82, 2.24) is 14.3 Å². The summed E-state index contributed by atoms with van der Waals surface area (Å²) in [6.07, 6.45) is 4.84. The molecule has 3 aromatic carbocycles. The Hall–Kier alpha value is -3.89. The van der Waals surface area contributed by atoms with Gasteiger partial charge in [0, 0.05) is 37.6 Å². The van der Waals surface area contributed by atoms with E-state index in [2.05, 4.69) is 9.71 Å². The number of halogens is 2. The van der Waals surface area contributed by atoms with Crippen molar-refractivity contribution in [2.75, 3.05) is 4.90 Å². The van der Waals surface area contributed by atoms with Gasteiger partial charge in [0.15, 0.2) is 0 Å². The number of anilines is 1. The van der Waals surface area contributed by atoms with Gasteiger partial charge in [-0.05, 0) is 84.0 Å². The first kappa shape index (κ1) is 27.7. The van der Waals surface area contributed by atoms with Crippen molar-refractivity contribution in [2.24, 2.45) is 7.05 Å². The predicted octanol–water partition coefficient (Wildman–Crippen LogP) is 5.39. The number of aromatic nitrogens is 2. The highest BCUT2D eigenvalue weighted by Crippen LogP contribution is 2.36. The fraction of sp³-hybridized carbons (Fsp3) is 0.267. The molecule has 0 radical (unpaired) electrons. The Labute approximate surface area is 232 Å². The number of aryl methyl sites for hydroxylation is 2. The van der Waals surface area contributed by atoms with Crippen molar-refractivity contribution in [3.05, 3.63) is 113 Å². The van der Waals surface area contributed by atoms with E-state index in [9.17, 15) is 22.0 Å². The van der Waals surface area contributed by atoms with Gasteiger partial charge in [-0.15, -0.1) is 0 Å². The van der Waals surface area contributed by atoms with Crippen LogP contribution in [-0.4, -0.2) is 23.9 Å². The SMILES string of the molecule is C[C@@H](CC(=O)N(Cc1nccn1C)c1ccc2c(c1)[C@H](NS(=O)(=O)c1ccc(F)cc1)CC2)c1cccc(F)c1. The Morgan fingerprint density at radius 3 is 2.58 bits per heavy atom. The van der Waals surface area contributed by atoms with Crippen LogP contribution in [0, 0.1) is 11.6 Å². The predicted molar refractivity (Wildman–Crippen MR) is 148 cm³/mol. The summed E-state index contributed by atoms with van der Waals surface area (Å²) >= 11 is 0. The van der Waals surface area contributed by atoms with Gasteiger partial charge in [-0.3, -0.25) is 4.79 Å². The molecule has 0 saturated heterocycles. The van der Waals surface area contributed by atoms with Crippen LogP contribution in [-0.2, 0) is 34.8 Å². The molecular weight excluding hydrogens is 534 g/mol. The molecule has 0 spiro atoms. The van der Waals surface area contributed by atoms with Crippen LogP contribution in [0.1, 0.15) is 54.2 Å². The van der Waals surface area contributed by atoms with Crippen LogP contribution in [0.4, 0.5) is 14.5 Å². The first-order chi connectivity index (χ1) is 19.1. The molecule has 10 heteroatoms. The molecule has 0 aliphatic heterocycles. The number of hydrogen-bond acceptors (Lipinski definition) is 4. The van der Waals surface area contributed by atoms with Gasteiger partial charge < -0.3 is 9.47 Å². The second-order valence-corrected chi connectivity index (χ2v) is 11.9. The van der Waals surface area contributed by atoms with Crippen molar-refractivity contribution < 1.29 is 22.0 Å². The first-order valence-corrected chi connectivity index (χ1v) is 14.5. The molecule has 4 aromatic rings. The standard InChI is InChI=1S/C30H30F2N4O3S/c1-20(22-4-3-5-24(32)17-22)16-30(37)36(19-29-33-14-15-35(29)2)25-10-6-21-7-13-28(27(21)18-25)34-40(38,39)26-11-8-23(31)9-12-26/h3-6,8-12,14-15,17-18,20,28,34H,7,13,16,19H2,1-2H3/t20-,28+/m0/s1. The Kier molecular flexibility index (Phi) is 7.82. The van der Waals surface area contributed by atoms with Gasteiger partial charge in [0.05, 0.1) is 11.4 Å². The van der Waals surface area contributed by atoms with Crippen LogP contribution in [0.5, 0.6) is 0 Å². The van der Waals surface area contributed by atoms with Crippen molar-refractivity contribution in [2.45, 2.75) is 49.6 Å². The highest BCUT2D eigenvalue weighted by molar-refractivity contribution is 7.89. The molecule has 0 bridgehead atoms. The third-order valence-corrected chi connectivity index (χ3v) is 8.85. The summed E-state index contributed by atoms with van der Waals surface area (Å²) in [4.78, 5) is 19.7. The van der Waals surface area contributed by atoms with E-state index in [1.54, 1.807) is 29.4 Å². The quantitative estimate of drug-likeness (QED) is 0.296. The molecule has 0 saturated carbocycles. The number of nitrogens with one attached hydrogen (secondary N) is 1. The summed E-state index contributed by atoms with van der Waals surface area (Å²) in [7, 11) is -2.04. The molecule has 0 unspecified atom stereocenters. The zero-order valence-electron chi connectivity index (χ0n) is 22.2. The lowest BCUT2D eigenvalue weighted by Gasteiger charge is -2.26. The van der Waals surface area contributed by atoms with E-state index in [1.165, 1.54) is 24.3 Å². The molecule has 1 aromatic heterocycles. The third kappa shape index (κ3) is 5.97. The number of imidazole rings is 1. The Morgan fingerprint density at radius 2 is 1.88 bits per heavy atom. The second-order valence-electron chi connectivity index (χ2n) is 10.1. The van der Waals surface area contributed by atoms with E-state index in [-0.39, 0.29) is 35.5 Å². The van der Waals surface area contributed by atoms with Crippen molar-refractivity contribution in [1.29, 1.82) is 0 Å². The topological polar surface area (TPSA) is 84.3 Å². The molecule has 1 amide bonds. The van der Waals surface area contributed by atoms with Gasteiger partial charge in [0.2, 0.25) is 15.9 Å². The maximum Gasteiger partial charge on any atom is 0.241 e. The number of sulfonamides is 1. The number of hydrogen-bond donors (Lipinski definition) is 1. The zero-order chi connectivity index (χ0) is 28.4. The van der Waals surface area contributed by atoms with Gasteiger partial charge in [-0.2, -0.15) is 0 Å². The Balaban J connectivity index is 1.43. The lowest BCUT2D eigenvalue weighted by atomic mass is 9.96. The van der Waals surface area contributed by atoms with Gasteiger partial charge in [0.25, 0.3) is 0 Å². The summed E-state index contributed by atoms with van der Waals surface area (Å²) in [5.74, 6) is -0.577. The monoisotopic (exact) mass is 564 g/mol. The number of nitrogens with zero attached hydrogens (tertiary/aromatic N) is 3. The smallest absolute Gasteiger partial charge is 0.241 e. The number of carbonyl (C=O) groups excluding carboxylic acids is 1. The molecule has 1 heterocycles. The molecule has 40 heavy (non-hydrogen) atoms. The molecule has 5 rings (SSSR count). The summed E-state index contributed by atoms with van der Waals surface area (Å²) < 4.78 is 57.8. The summed E-state index contributed by atoms with van der Waals surface area (Å²) in [5, 5.41) is 0. The number of amides is 1. The Bertz CT molecular complexity index is 1640. The van der Waals surface area contributed by atoms with E-state index < -0.39 is 21.9 Å². The minimum atomic E-state index is -3.89. The highest BCUT2D eigenvalue weighted by atomic mass is 32.2. The van der Waals surface area contributed by atoms with E-state index in [0.29, 0.717) is 24.4 Å². The molecule has 1 N–H and O–H groups in total. The molecule has 1 aliphatic carbocycles. The third-order valence-electron chi connectivity index (χ3n) is 7.36. The Morgan fingerprint density at radius 1 is 1.10 bits per heavy atom. The van der Waals surface area contributed by atoms with Gasteiger partial charge in [-0.25, -0.2) is 26.9 Å². The summed E-state index contributed by atoms with van der Waals surface area (Å²) in [6.45, 7) is 2.09. The van der Waals surface area contributed by atoms with Crippen LogP contribution in [0.25, 0.3) is 0 Å².